The van der Waals surface area contributed by atoms with Crippen LogP contribution in [0.5, 0.6) is 0 Å². The molecule has 0 aromatic heterocycles. The van der Waals surface area contributed by atoms with Crippen molar-refractivity contribution >= 4 is 57.8 Å². The van der Waals surface area contributed by atoms with Gasteiger partial charge in [0, 0.05) is 38.9 Å². The molecule has 0 aromatic carbocycles. The number of amides is 2. The molecule has 0 bridgehead atoms. The molecular formula is C21H46N2O10Si4. The Morgan fingerprint density at radius 2 is 1.35 bits per heavy atom. The Morgan fingerprint density at radius 3 is 1.84 bits per heavy atom. The summed E-state index contributed by atoms with van der Waals surface area (Å²) in [4.78, 5) is 68.9. The van der Waals surface area contributed by atoms with Gasteiger partial charge in [0.15, 0.2) is 0 Å². The highest BCUT2D eigenvalue weighted by Crippen LogP contribution is 2.27. The monoisotopic (exact) mass is 598 g/mol. The summed E-state index contributed by atoms with van der Waals surface area (Å²) in [6, 6.07) is 0.443. The molecule has 2 amide bonds. The lowest BCUT2D eigenvalue weighted by Crippen LogP contribution is -2.58. The maximum Gasteiger partial charge on any atom is 0.320 e. The van der Waals surface area contributed by atoms with Crippen LogP contribution in [-0.4, -0.2) is 97.0 Å². The smallest absolute Gasteiger partial charge is 0.320 e. The fourth-order valence-corrected chi connectivity index (χ4v) is 19.7. The number of carboxylic acids is 1. The summed E-state index contributed by atoms with van der Waals surface area (Å²) < 4.78 is 18.4. The lowest BCUT2D eigenvalue weighted by atomic mass is 10.2. The second-order valence-electron chi connectivity index (χ2n) is 10.7. The van der Waals surface area contributed by atoms with Crippen molar-refractivity contribution in [3.05, 3.63) is 0 Å². The Kier molecular flexibility index (Phi) is 14.8. The van der Waals surface area contributed by atoms with E-state index in [1.165, 1.54) is 6.92 Å². The van der Waals surface area contributed by atoms with Crippen molar-refractivity contribution < 1.29 is 46.2 Å². The Labute approximate surface area is 224 Å². The molecule has 0 heterocycles. The Hall–Kier alpha value is -1.25. The van der Waals surface area contributed by atoms with Crippen LogP contribution in [0.4, 0.5) is 0 Å². The Morgan fingerprint density at radius 1 is 0.784 bits per heavy atom. The van der Waals surface area contributed by atoms with Gasteiger partial charge in [0.25, 0.3) is 0 Å². The average molecular weight is 599 g/mol. The number of aliphatic carboxylic acids is 1. The van der Waals surface area contributed by atoms with Crippen LogP contribution in [-0.2, 0) is 31.5 Å². The van der Waals surface area contributed by atoms with E-state index in [0.717, 1.165) is 0 Å². The SMILES string of the molecule is CC(=O)CCC(=O)N(CCC[Si](C)(O[Si](C)(C)O)O[Si](C)(C)O[Si](C)(C)O)CCNC(=O)CCC(=O)O. The van der Waals surface area contributed by atoms with Crippen LogP contribution >= 0.6 is 0 Å². The largest absolute Gasteiger partial charge is 0.481 e. The number of rotatable bonds is 19. The molecule has 4 N–H and O–H groups in total. The molecule has 1 unspecified atom stereocenters. The van der Waals surface area contributed by atoms with E-state index in [9.17, 15) is 28.8 Å². The number of carbonyl (C=O) groups is 4. The number of nitrogens with one attached hydrogen (secondary N) is 1. The maximum absolute atomic E-state index is 12.8. The lowest BCUT2D eigenvalue weighted by Gasteiger charge is -2.40. The molecule has 16 heteroatoms. The van der Waals surface area contributed by atoms with E-state index < -0.39 is 46.1 Å². The van der Waals surface area contributed by atoms with E-state index >= 15 is 0 Å². The normalized spacial score (nSPS) is 14.1. The number of carbonyl (C=O) groups excluding carboxylic acids is 3. The zero-order chi connectivity index (χ0) is 29.1. The van der Waals surface area contributed by atoms with Gasteiger partial charge >= 0.3 is 40.2 Å². The maximum atomic E-state index is 12.8. The minimum atomic E-state index is -2.99. The number of nitrogens with zero attached hydrogens (tertiary/aromatic N) is 1. The molecule has 37 heavy (non-hydrogen) atoms. The molecule has 0 aromatic rings. The highest BCUT2D eigenvalue weighted by atomic mass is 28.5. The first-order valence-corrected chi connectivity index (χ1v) is 23.5. The fourth-order valence-electron chi connectivity index (χ4n) is 3.83. The second kappa shape index (κ2) is 15.4. The molecule has 0 saturated heterocycles. The third kappa shape index (κ3) is 19.5. The molecule has 0 spiro atoms. The third-order valence-electron chi connectivity index (χ3n) is 4.80. The summed E-state index contributed by atoms with van der Waals surface area (Å²) in [7, 11) is -11.6. The number of hydrogen-bond acceptors (Lipinski definition) is 9. The standard InChI is InChI=1S/C21H46N2O10Si4/c1-18(24)10-12-20(26)23(16-14-22-19(25)11-13-21(27)28)15-9-17-37(8,32-35(4,5)30)33-36(6,7)31-34(2,3)29/h29-30H,9-17H2,1-8H3,(H,22,25)(H,27,28). The second-order valence-corrected chi connectivity index (χ2v) is 24.5. The average Bonchev–Trinajstić information content (AvgIpc) is 2.65. The van der Waals surface area contributed by atoms with Crippen molar-refractivity contribution in [2.45, 2.75) is 90.9 Å². The minimum Gasteiger partial charge on any atom is -0.481 e. The first-order chi connectivity index (χ1) is 16.6. The summed E-state index contributed by atoms with van der Waals surface area (Å²) >= 11 is 0. The topological polar surface area (TPSA) is 172 Å². The third-order valence-corrected chi connectivity index (χ3v) is 17.4. The zero-order valence-corrected chi connectivity index (χ0v) is 27.5. The van der Waals surface area contributed by atoms with Crippen molar-refractivity contribution in [3.8, 4) is 0 Å². The molecular weight excluding hydrogens is 553 g/mol. The summed E-state index contributed by atoms with van der Waals surface area (Å²) in [5.74, 6) is -1.82. The lowest BCUT2D eigenvalue weighted by molar-refractivity contribution is -0.138. The molecule has 0 saturated carbocycles. The summed E-state index contributed by atoms with van der Waals surface area (Å²) in [6.45, 7) is 14.2. The zero-order valence-electron chi connectivity index (χ0n) is 23.5. The molecule has 216 valence electrons. The van der Waals surface area contributed by atoms with Crippen LogP contribution in [0.3, 0.4) is 0 Å². The minimum absolute atomic E-state index is 0.0462. The van der Waals surface area contributed by atoms with Gasteiger partial charge in [-0.2, -0.15) is 0 Å². The molecule has 0 aliphatic carbocycles. The van der Waals surface area contributed by atoms with Gasteiger partial charge in [-0.1, -0.05) is 0 Å². The predicted molar refractivity (Wildman–Crippen MR) is 148 cm³/mol. The highest BCUT2D eigenvalue weighted by Gasteiger charge is 2.45. The van der Waals surface area contributed by atoms with Gasteiger partial charge in [0.1, 0.15) is 5.78 Å². The Balaban J connectivity index is 5.34. The quantitative estimate of drug-likeness (QED) is 0.161. The highest BCUT2D eigenvalue weighted by molar-refractivity contribution is 6.87. The number of ketones is 1. The van der Waals surface area contributed by atoms with Crippen LogP contribution in [0.15, 0.2) is 0 Å². The van der Waals surface area contributed by atoms with Crippen LogP contribution in [0, 0.1) is 0 Å². The van der Waals surface area contributed by atoms with Gasteiger partial charge in [-0.05, 0) is 65.2 Å². The first kappa shape index (κ1) is 35.7. The van der Waals surface area contributed by atoms with Crippen molar-refractivity contribution in [2.24, 2.45) is 0 Å². The number of Topliss-reactive ketones (excluding diaryl/α,β-unsaturated/α-hetero) is 1. The molecule has 0 radical (unpaired) electrons. The molecule has 0 fully saturated rings. The molecule has 0 aliphatic rings. The van der Waals surface area contributed by atoms with Gasteiger partial charge in [0.05, 0.1) is 6.42 Å². The predicted octanol–water partition coefficient (Wildman–Crippen LogP) is 1.77. The van der Waals surface area contributed by atoms with E-state index in [4.69, 9.17) is 17.5 Å². The number of carboxylic acid groups (broad SMARTS) is 1. The van der Waals surface area contributed by atoms with Crippen LogP contribution in [0.25, 0.3) is 0 Å². The van der Waals surface area contributed by atoms with Gasteiger partial charge < -0.3 is 42.1 Å². The van der Waals surface area contributed by atoms with Crippen molar-refractivity contribution in [1.29, 1.82) is 0 Å². The number of hydrogen-bond donors (Lipinski definition) is 4. The van der Waals surface area contributed by atoms with E-state index in [1.807, 2.05) is 19.6 Å². The van der Waals surface area contributed by atoms with Crippen molar-refractivity contribution in [2.75, 3.05) is 19.6 Å². The first-order valence-electron chi connectivity index (χ1n) is 12.4. The van der Waals surface area contributed by atoms with E-state index in [1.54, 1.807) is 31.1 Å². The van der Waals surface area contributed by atoms with Crippen molar-refractivity contribution in [3.63, 3.8) is 0 Å². The van der Waals surface area contributed by atoms with Crippen molar-refractivity contribution in [1.82, 2.24) is 10.2 Å². The van der Waals surface area contributed by atoms with E-state index in [-0.39, 0.29) is 50.5 Å². The molecule has 0 rings (SSSR count). The molecule has 12 nitrogen and oxygen atoms in total. The van der Waals surface area contributed by atoms with Crippen LogP contribution in [0.2, 0.25) is 51.9 Å². The summed E-state index contributed by atoms with van der Waals surface area (Å²) in [5.41, 5.74) is 0. The summed E-state index contributed by atoms with van der Waals surface area (Å²) in [6.07, 6.45) is 0.213. The molecule has 0 aliphatic heterocycles. The van der Waals surface area contributed by atoms with Gasteiger partial charge in [-0.3, -0.25) is 14.4 Å². The van der Waals surface area contributed by atoms with Crippen LogP contribution in [0.1, 0.15) is 39.0 Å². The van der Waals surface area contributed by atoms with Gasteiger partial charge in [-0.25, -0.2) is 0 Å². The molecule has 1 atom stereocenters. The van der Waals surface area contributed by atoms with E-state index in [2.05, 4.69) is 5.32 Å². The van der Waals surface area contributed by atoms with Gasteiger partial charge in [0.2, 0.25) is 11.8 Å². The fraction of sp³-hybridized carbons (Fsp3) is 0.810. The van der Waals surface area contributed by atoms with Crippen LogP contribution < -0.4 is 5.32 Å². The Bertz CT molecular complexity index is 786. The van der Waals surface area contributed by atoms with Gasteiger partial charge in [-0.15, -0.1) is 0 Å². The van der Waals surface area contributed by atoms with E-state index in [0.29, 0.717) is 19.0 Å². The summed E-state index contributed by atoms with van der Waals surface area (Å²) in [5, 5.41) is 11.3.